The summed E-state index contributed by atoms with van der Waals surface area (Å²) in [6.45, 7) is 10.1. The van der Waals surface area contributed by atoms with Gasteiger partial charge in [-0.25, -0.2) is 9.97 Å². The molecule has 1 aromatic rings. The smallest absolute Gasteiger partial charge is 0.146 e. The van der Waals surface area contributed by atoms with Crippen molar-refractivity contribution in [1.82, 2.24) is 9.97 Å². The van der Waals surface area contributed by atoms with E-state index in [1.165, 1.54) is 54.4 Å². The predicted molar refractivity (Wildman–Crippen MR) is 90.5 cm³/mol. The van der Waals surface area contributed by atoms with Crippen LogP contribution in [0.25, 0.3) is 0 Å². The Morgan fingerprint density at radius 3 is 2.57 bits per heavy atom. The molecule has 0 N–H and O–H groups in total. The standard InChI is InChI=1S/C17H27N3S/c1-11(2)14-15-17(19-16(18-14)12(3)4)20-9-7-5-6-8-13(20)10-21-15/h11-13H,5-10H2,1-4H3. The van der Waals surface area contributed by atoms with Gasteiger partial charge >= 0.3 is 0 Å². The van der Waals surface area contributed by atoms with Crippen molar-refractivity contribution < 1.29 is 0 Å². The topological polar surface area (TPSA) is 29.0 Å². The number of rotatable bonds is 2. The van der Waals surface area contributed by atoms with Crippen LogP contribution < -0.4 is 4.90 Å². The van der Waals surface area contributed by atoms with E-state index in [2.05, 4.69) is 32.6 Å². The summed E-state index contributed by atoms with van der Waals surface area (Å²) in [5, 5.41) is 0. The fourth-order valence-electron chi connectivity index (χ4n) is 3.26. The van der Waals surface area contributed by atoms with Gasteiger partial charge < -0.3 is 4.90 Å². The van der Waals surface area contributed by atoms with Crippen LogP contribution in [-0.2, 0) is 0 Å². The van der Waals surface area contributed by atoms with Gasteiger partial charge in [0.15, 0.2) is 0 Å². The first kappa shape index (κ1) is 15.1. The maximum absolute atomic E-state index is 4.98. The highest BCUT2D eigenvalue weighted by molar-refractivity contribution is 7.99. The molecule has 1 unspecified atom stereocenters. The average molecular weight is 305 g/mol. The molecule has 0 aromatic carbocycles. The van der Waals surface area contributed by atoms with E-state index < -0.39 is 0 Å². The van der Waals surface area contributed by atoms with Crippen LogP contribution in [0.1, 0.15) is 76.7 Å². The molecule has 21 heavy (non-hydrogen) atoms. The molecule has 0 aliphatic carbocycles. The van der Waals surface area contributed by atoms with Gasteiger partial charge in [0.2, 0.25) is 0 Å². The number of hydrogen-bond acceptors (Lipinski definition) is 4. The third kappa shape index (κ3) is 2.92. The minimum absolute atomic E-state index is 0.394. The largest absolute Gasteiger partial charge is 0.352 e. The molecule has 0 saturated carbocycles. The van der Waals surface area contributed by atoms with Crippen molar-refractivity contribution in [3.05, 3.63) is 11.5 Å². The van der Waals surface area contributed by atoms with Crippen molar-refractivity contribution in [1.29, 1.82) is 0 Å². The molecule has 1 fully saturated rings. The third-order valence-corrected chi connectivity index (χ3v) is 5.76. The molecular weight excluding hydrogens is 278 g/mol. The fraction of sp³-hybridized carbons (Fsp3) is 0.765. The van der Waals surface area contributed by atoms with E-state index in [1.54, 1.807) is 0 Å². The zero-order valence-corrected chi connectivity index (χ0v) is 14.5. The highest BCUT2D eigenvalue weighted by Gasteiger charge is 2.32. The lowest BCUT2D eigenvalue weighted by molar-refractivity contribution is 0.595. The maximum atomic E-state index is 4.98. The first-order chi connectivity index (χ1) is 10.1. The number of hydrogen-bond donors (Lipinski definition) is 0. The van der Waals surface area contributed by atoms with Crippen LogP contribution in [0.4, 0.5) is 5.82 Å². The highest BCUT2D eigenvalue weighted by atomic mass is 32.2. The number of thioether (sulfide) groups is 1. The summed E-state index contributed by atoms with van der Waals surface area (Å²) in [7, 11) is 0. The minimum atomic E-state index is 0.394. The quantitative estimate of drug-likeness (QED) is 0.800. The van der Waals surface area contributed by atoms with Crippen molar-refractivity contribution in [2.24, 2.45) is 0 Å². The monoisotopic (exact) mass is 305 g/mol. The van der Waals surface area contributed by atoms with Gasteiger partial charge in [0, 0.05) is 24.3 Å². The van der Waals surface area contributed by atoms with E-state index in [0.717, 1.165) is 5.82 Å². The molecule has 3 rings (SSSR count). The lowest BCUT2D eigenvalue weighted by Gasteiger charge is -2.37. The van der Waals surface area contributed by atoms with Gasteiger partial charge in [0.25, 0.3) is 0 Å². The molecule has 116 valence electrons. The molecule has 1 atom stereocenters. The zero-order chi connectivity index (χ0) is 15.0. The van der Waals surface area contributed by atoms with Gasteiger partial charge in [-0.1, -0.05) is 40.5 Å². The van der Waals surface area contributed by atoms with Crippen LogP contribution in [0.2, 0.25) is 0 Å². The number of fused-ring (bicyclic) bond motifs is 3. The fourth-order valence-corrected chi connectivity index (χ4v) is 4.69. The summed E-state index contributed by atoms with van der Waals surface area (Å²) >= 11 is 1.99. The van der Waals surface area contributed by atoms with E-state index in [0.29, 0.717) is 17.9 Å². The molecule has 4 heteroatoms. The number of aromatic nitrogens is 2. The summed E-state index contributed by atoms with van der Waals surface area (Å²) in [4.78, 5) is 13.8. The average Bonchev–Trinajstić information content (AvgIpc) is 2.70. The van der Waals surface area contributed by atoms with E-state index >= 15 is 0 Å². The van der Waals surface area contributed by atoms with Crippen LogP contribution in [0.15, 0.2) is 4.90 Å². The number of anilines is 1. The molecule has 2 aliphatic rings. The SMILES string of the molecule is CC(C)c1nc(C(C)C)c2c(n1)N1CCCCCC1CS2. The van der Waals surface area contributed by atoms with Crippen molar-refractivity contribution in [3.8, 4) is 0 Å². The molecule has 0 bridgehead atoms. The van der Waals surface area contributed by atoms with E-state index in [-0.39, 0.29) is 0 Å². The first-order valence-electron chi connectivity index (χ1n) is 8.39. The molecule has 3 heterocycles. The van der Waals surface area contributed by atoms with Gasteiger partial charge in [-0.2, -0.15) is 0 Å². The second-order valence-corrected chi connectivity index (χ2v) is 7.97. The van der Waals surface area contributed by atoms with Gasteiger partial charge in [0.1, 0.15) is 11.6 Å². The molecule has 3 nitrogen and oxygen atoms in total. The molecule has 0 spiro atoms. The summed E-state index contributed by atoms with van der Waals surface area (Å²) in [6.07, 6.45) is 5.37. The highest BCUT2D eigenvalue weighted by Crippen LogP contribution is 2.42. The zero-order valence-electron chi connectivity index (χ0n) is 13.7. The Balaban J connectivity index is 2.09. The van der Waals surface area contributed by atoms with Crippen molar-refractivity contribution in [2.45, 2.75) is 76.2 Å². The van der Waals surface area contributed by atoms with Crippen LogP contribution >= 0.6 is 11.8 Å². The Hall–Kier alpha value is -0.770. The van der Waals surface area contributed by atoms with Crippen molar-refractivity contribution >= 4 is 17.6 Å². The summed E-state index contributed by atoms with van der Waals surface area (Å²) in [5.74, 6) is 4.32. The van der Waals surface area contributed by atoms with Crippen LogP contribution in [-0.4, -0.2) is 28.3 Å². The summed E-state index contributed by atoms with van der Waals surface area (Å²) in [6, 6.07) is 0.680. The third-order valence-electron chi connectivity index (χ3n) is 4.52. The maximum Gasteiger partial charge on any atom is 0.146 e. The summed E-state index contributed by atoms with van der Waals surface area (Å²) < 4.78 is 0. The molecule has 1 aromatic heterocycles. The van der Waals surface area contributed by atoms with Crippen molar-refractivity contribution in [3.63, 3.8) is 0 Å². The normalized spacial score (nSPS) is 22.2. The minimum Gasteiger partial charge on any atom is -0.352 e. The predicted octanol–water partition coefficient (Wildman–Crippen LogP) is 4.58. The Bertz CT molecular complexity index is 513. The molecule has 1 saturated heterocycles. The van der Waals surface area contributed by atoms with Gasteiger partial charge in [-0.05, 0) is 18.8 Å². The lowest BCUT2D eigenvalue weighted by Crippen LogP contribution is -2.40. The molecule has 2 aliphatic heterocycles. The first-order valence-corrected chi connectivity index (χ1v) is 9.37. The Kier molecular flexibility index (Phi) is 4.43. The lowest BCUT2D eigenvalue weighted by atomic mass is 10.1. The van der Waals surface area contributed by atoms with Crippen LogP contribution in [0.3, 0.4) is 0 Å². The van der Waals surface area contributed by atoms with E-state index in [4.69, 9.17) is 9.97 Å². The van der Waals surface area contributed by atoms with Gasteiger partial charge in [-0.15, -0.1) is 11.8 Å². The van der Waals surface area contributed by atoms with Gasteiger partial charge in [-0.3, -0.25) is 0 Å². The van der Waals surface area contributed by atoms with Crippen molar-refractivity contribution in [2.75, 3.05) is 17.2 Å². The summed E-state index contributed by atoms with van der Waals surface area (Å²) in [5.41, 5.74) is 1.26. The Labute approximate surface area is 132 Å². The molecule has 0 amide bonds. The second-order valence-electron chi connectivity index (χ2n) is 6.94. The molecule has 0 radical (unpaired) electrons. The molecular formula is C17H27N3S. The van der Waals surface area contributed by atoms with Crippen LogP contribution in [0.5, 0.6) is 0 Å². The van der Waals surface area contributed by atoms with E-state index in [9.17, 15) is 0 Å². The second kappa shape index (κ2) is 6.15. The Morgan fingerprint density at radius 2 is 1.86 bits per heavy atom. The van der Waals surface area contributed by atoms with Gasteiger partial charge in [0.05, 0.1) is 10.6 Å². The van der Waals surface area contributed by atoms with E-state index in [1.807, 2.05) is 11.8 Å². The Morgan fingerprint density at radius 1 is 1.05 bits per heavy atom. The number of nitrogens with zero attached hydrogens (tertiary/aromatic N) is 3. The van der Waals surface area contributed by atoms with Crippen LogP contribution in [0, 0.1) is 0 Å².